The predicted octanol–water partition coefficient (Wildman–Crippen LogP) is 2.19. The first-order valence-corrected chi connectivity index (χ1v) is 5.91. The molecule has 0 bridgehead atoms. The topological polar surface area (TPSA) is 46.3 Å². The molecular weight excluding hydrogens is 232 g/mol. The highest BCUT2D eigenvalue weighted by Crippen LogP contribution is 2.27. The van der Waals surface area contributed by atoms with Gasteiger partial charge in [-0.2, -0.15) is 0 Å². The number of nitrogens with zero attached hydrogens (tertiary/aromatic N) is 1. The predicted molar refractivity (Wildman–Crippen MR) is 72.0 cm³/mol. The fraction of sp³-hybridized carbons (Fsp3) is 0.154. The Kier molecular flexibility index (Phi) is 3.03. The lowest BCUT2D eigenvalue weighted by molar-refractivity contribution is 0.0817. The summed E-state index contributed by atoms with van der Waals surface area (Å²) in [7, 11) is 1.70. The van der Waals surface area contributed by atoms with Crippen molar-refractivity contribution in [2.24, 2.45) is 0 Å². The van der Waals surface area contributed by atoms with Crippen LogP contribution < -0.4 is 5.73 Å². The number of amides is 1. The molecule has 2 rings (SSSR count). The molecule has 0 aliphatic heterocycles. The summed E-state index contributed by atoms with van der Waals surface area (Å²) in [6, 6.07) is 7.47. The van der Waals surface area contributed by atoms with Crippen molar-refractivity contribution in [2.75, 3.05) is 19.3 Å². The molecule has 3 nitrogen and oxygen atoms in total. The van der Waals surface area contributed by atoms with Gasteiger partial charge in [0.1, 0.15) is 0 Å². The molecule has 1 amide bonds. The van der Waals surface area contributed by atoms with Crippen LogP contribution >= 0.6 is 11.3 Å². The van der Waals surface area contributed by atoms with Gasteiger partial charge in [0.25, 0.3) is 5.91 Å². The van der Waals surface area contributed by atoms with Gasteiger partial charge in [-0.1, -0.05) is 5.92 Å². The van der Waals surface area contributed by atoms with Crippen LogP contribution in [0.4, 0.5) is 5.69 Å². The van der Waals surface area contributed by atoms with Crippen LogP contribution in [0.2, 0.25) is 0 Å². The lowest BCUT2D eigenvalue weighted by Gasteiger charge is -2.11. The molecule has 0 aliphatic carbocycles. The van der Waals surface area contributed by atoms with E-state index >= 15 is 0 Å². The first-order chi connectivity index (χ1) is 8.11. The largest absolute Gasteiger partial charge is 0.399 e. The van der Waals surface area contributed by atoms with Gasteiger partial charge in [0.05, 0.1) is 11.4 Å². The number of thiophene rings is 1. The van der Waals surface area contributed by atoms with Crippen LogP contribution in [0.3, 0.4) is 0 Å². The zero-order valence-electron chi connectivity index (χ0n) is 9.43. The summed E-state index contributed by atoms with van der Waals surface area (Å²) in [4.78, 5) is 14.2. The molecule has 17 heavy (non-hydrogen) atoms. The van der Waals surface area contributed by atoms with Gasteiger partial charge in [0.15, 0.2) is 0 Å². The van der Waals surface area contributed by atoms with Crippen LogP contribution in [0.25, 0.3) is 10.1 Å². The summed E-state index contributed by atoms with van der Waals surface area (Å²) in [6.07, 6.45) is 5.18. The molecule has 1 heterocycles. The minimum atomic E-state index is -0.0530. The van der Waals surface area contributed by atoms with Gasteiger partial charge in [-0.15, -0.1) is 17.8 Å². The van der Waals surface area contributed by atoms with Crippen LogP contribution in [0.1, 0.15) is 9.67 Å². The lowest BCUT2D eigenvalue weighted by atomic mass is 10.2. The molecule has 1 aromatic heterocycles. The molecule has 2 N–H and O–H groups in total. The normalized spacial score (nSPS) is 10.1. The number of nitrogens with two attached hydrogens (primary N) is 1. The van der Waals surface area contributed by atoms with Gasteiger partial charge in [-0.3, -0.25) is 4.79 Å². The third kappa shape index (κ3) is 2.24. The minimum Gasteiger partial charge on any atom is -0.399 e. The smallest absolute Gasteiger partial charge is 0.264 e. The highest BCUT2D eigenvalue weighted by molar-refractivity contribution is 7.20. The number of fused-ring (bicyclic) bond motifs is 1. The maximum absolute atomic E-state index is 12.0. The third-order valence-electron chi connectivity index (χ3n) is 2.43. The molecule has 0 saturated carbocycles. The van der Waals surface area contributed by atoms with Gasteiger partial charge < -0.3 is 10.6 Å². The molecular formula is C13H12N2OS. The number of carbonyl (C=O) groups excluding carboxylic acids is 1. The molecule has 0 radical (unpaired) electrons. The zero-order valence-corrected chi connectivity index (χ0v) is 10.3. The van der Waals surface area contributed by atoms with Gasteiger partial charge in [-0.25, -0.2) is 0 Å². The standard InChI is InChI=1S/C13H12N2OS/c1-3-6-15(2)13(16)12-8-9-7-10(14)4-5-11(9)17-12/h1,4-5,7-8H,6,14H2,2H3. The molecule has 0 aliphatic rings. The Morgan fingerprint density at radius 1 is 1.53 bits per heavy atom. The van der Waals surface area contributed by atoms with Crippen molar-refractivity contribution in [1.82, 2.24) is 4.90 Å². The Balaban J connectivity index is 2.37. The Morgan fingerprint density at radius 2 is 2.29 bits per heavy atom. The van der Waals surface area contributed by atoms with Crippen molar-refractivity contribution in [3.05, 3.63) is 29.1 Å². The van der Waals surface area contributed by atoms with E-state index in [9.17, 15) is 4.79 Å². The lowest BCUT2D eigenvalue weighted by Crippen LogP contribution is -2.26. The van der Waals surface area contributed by atoms with E-state index in [2.05, 4.69) is 5.92 Å². The van der Waals surface area contributed by atoms with E-state index in [0.717, 1.165) is 10.1 Å². The first-order valence-electron chi connectivity index (χ1n) is 5.10. The molecule has 0 spiro atoms. The van der Waals surface area contributed by atoms with Crippen LogP contribution in [-0.4, -0.2) is 24.4 Å². The Bertz CT molecular complexity index is 609. The van der Waals surface area contributed by atoms with E-state index in [4.69, 9.17) is 12.2 Å². The number of anilines is 1. The van der Waals surface area contributed by atoms with Crippen molar-refractivity contribution < 1.29 is 4.79 Å². The van der Waals surface area contributed by atoms with Crippen LogP contribution in [0.5, 0.6) is 0 Å². The molecule has 2 aromatic rings. The van der Waals surface area contributed by atoms with Crippen molar-refractivity contribution in [1.29, 1.82) is 0 Å². The van der Waals surface area contributed by atoms with E-state index in [0.29, 0.717) is 17.1 Å². The fourth-order valence-electron chi connectivity index (χ4n) is 1.56. The quantitative estimate of drug-likeness (QED) is 0.650. The second-order valence-corrected chi connectivity index (χ2v) is 4.86. The molecule has 86 valence electrons. The zero-order chi connectivity index (χ0) is 12.4. The first kappa shape index (κ1) is 11.5. The SMILES string of the molecule is C#CCN(C)C(=O)c1cc2cc(N)ccc2s1. The third-order valence-corrected chi connectivity index (χ3v) is 3.53. The van der Waals surface area contributed by atoms with E-state index in [1.807, 2.05) is 24.3 Å². The van der Waals surface area contributed by atoms with Crippen molar-refractivity contribution in [3.8, 4) is 12.3 Å². The molecule has 4 heteroatoms. The Hall–Kier alpha value is -1.99. The van der Waals surface area contributed by atoms with E-state index < -0.39 is 0 Å². The summed E-state index contributed by atoms with van der Waals surface area (Å²) < 4.78 is 1.05. The van der Waals surface area contributed by atoms with Crippen molar-refractivity contribution in [2.45, 2.75) is 0 Å². The van der Waals surface area contributed by atoms with Crippen molar-refractivity contribution >= 4 is 33.0 Å². The summed E-state index contributed by atoms with van der Waals surface area (Å²) in [5.41, 5.74) is 6.40. The Labute approximate surface area is 104 Å². The van der Waals surface area contributed by atoms with Gasteiger partial charge in [0.2, 0.25) is 0 Å². The minimum absolute atomic E-state index is 0.0530. The van der Waals surface area contributed by atoms with E-state index in [-0.39, 0.29) is 5.91 Å². The average Bonchev–Trinajstić information content (AvgIpc) is 2.71. The second kappa shape index (κ2) is 4.48. The fourth-order valence-corrected chi connectivity index (χ4v) is 2.60. The molecule has 0 atom stereocenters. The number of nitrogen functional groups attached to an aromatic ring is 1. The number of hydrogen-bond donors (Lipinski definition) is 1. The highest BCUT2D eigenvalue weighted by Gasteiger charge is 2.13. The second-order valence-electron chi connectivity index (χ2n) is 3.77. The van der Waals surface area contributed by atoms with Crippen LogP contribution in [-0.2, 0) is 0 Å². The van der Waals surface area contributed by atoms with Crippen LogP contribution in [0, 0.1) is 12.3 Å². The average molecular weight is 244 g/mol. The van der Waals surface area contributed by atoms with E-state index in [1.165, 1.54) is 16.2 Å². The monoisotopic (exact) mass is 244 g/mol. The summed E-state index contributed by atoms with van der Waals surface area (Å²) >= 11 is 1.45. The van der Waals surface area contributed by atoms with Crippen molar-refractivity contribution in [3.63, 3.8) is 0 Å². The maximum atomic E-state index is 12.0. The van der Waals surface area contributed by atoms with Gasteiger partial charge in [0, 0.05) is 17.4 Å². The Morgan fingerprint density at radius 3 is 3.00 bits per heavy atom. The molecule has 0 saturated heterocycles. The van der Waals surface area contributed by atoms with Gasteiger partial charge >= 0.3 is 0 Å². The summed E-state index contributed by atoms with van der Waals surface area (Å²) in [5.74, 6) is 2.40. The number of rotatable bonds is 2. The number of terminal acetylenes is 1. The summed E-state index contributed by atoms with van der Waals surface area (Å²) in [6.45, 7) is 0.315. The molecule has 0 unspecified atom stereocenters. The number of benzene rings is 1. The van der Waals surface area contributed by atoms with Gasteiger partial charge in [-0.05, 0) is 29.7 Å². The number of hydrogen-bond acceptors (Lipinski definition) is 3. The molecule has 1 aromatic carbocycles. The summed E-state index contributed by atoms with van der Waals surface area (Å²) in [5, 5.41) is 0.993. The molecule has 0 fully saturated rings. The van der Waals surface area contributed by atoms with E-state index in [1.54, 1.807) is 7.05 Å². The highest BCUT2D eigenvalue weighted by atomic mass is 32.1. The maximum Gasteiger partial charge on any atom is 0.264 e. The van der Waals surface area contributed by atoms with Crippen LogP contribution in [0.15, 0.2) is 24.3 Å². The number of carbonyl (C=O) groups is 1.